The van der Waals surface area contributed by atoms with Gasteiger partial charge in [0.2, 0.25) is 0 Å². The van der Waals surface area contributed by atoms with Crippen LogP contribution in [0.5, 0.6) is 5.75 Å². The molecule has 0 saturated heterocycles. The van der Waals surface area contributed by atoms with E-state index in [0.29, 0.717) is 25.4 Å². The lowest BCUT2D eigenvalue weighted by Gasteiger charge is -2.14. The van der Waals surface area contributed by atoms with E-state index in [4.69, 9.17) is 9.47 Å². The van der Waals surface area contributed by atoms with E-state index in [1.165, 1.54) is 0 Å². The van der Waals surface area contributed by atoms with Crippen LogP contribution in [0.15, 0.2) is 54.6 Å². The maximum Gasteiger partial charge on any atom is 0.268 e. The monoisotopic (exact) mass is 380 g/mol. The SMILES string of the molecule is CC[C@H](C)Oc1cccc2c1cc(C(=O)NCCOC)n2Cc1ccccc1. The van der Waals surface area contributed by atoms with Crippen LogP contribution in [0.1, 0.15) is 36.3 Å². The van der Waals surface area contributed by atoms with E-state index >= 15 is 0 Å². The first-order chi connectivity index (χ1) is 13.6. The Kier molecular flexibility index (Phi) is 6.71. The van der Waals surface area contributed by atoms with E-state index in [9.17, 15) is 4.79 Å². The lowest BCUT2D eigenvalue weighted by Crippen LogP contribution is -2.29. The van der Waals surface area contributed by atoms with E-state index in [2.05, 4.69) is 35.9 Å². The molecule has 0 unspecified atom stereocenters. The van der Waals surface area contributed by atoms with Crippen molar-refractivity contribution in [2.45, 2.75) is 32.9 Å². The van der Waals surface area contributed by atoms with Gasteiger partial charge in [-0.15, -0.1) is 0 Å². The topological polar surface area (TPSA) is 52.5 Å². The summed E-state index contributed by atoms with van der Waals surface area (Å²) in [7, 11) is 1.62. The molecule has 0 fully saturated rings. The molecule has 0 spiro atoms. The number of hydrogen-bond donors (Lipinski definition) is 1. The van der Waals surface area contributed by atoms with E-state index in [1.807, 2.05) is 42.5 Å². The number of carbonyl (C=O) groups is 1. The third-order valence-electron chi connectivity index (χ3n) is 4.82. The van der Waals surface area contributed by atoms with Crippen molar-refractivity contribution in [3.63, 3.8) is 0 Å². The second kappa shape index (κ2) is 9.42. The fourth-order valence-electron chi connectivity index (χ4n) is 3.14. The largest absolute Gasteiger partial charge is 0.490 e. The molecular formula is C23H28N2O3. The predicted octanol–water partition coefficient (Wildman–Crippen LogP) is 4.24. The normalized spacial score (nSPS) is 12.1. The molecule has 3 rings (SSSR count). The zero-order chi connectivity index (χ0) is 19.9. The Hall–Kier alpha value is -2.79. The van der Waals surface area contributed by atoms with Gasteiger partial charge < -0.3 is 19.4 Å². The Bertz CT molecular complexity index is 918. The minimum atomic E-state index is -0.112. The molecule has 0 bridgehead atoms. The molecule has 5 heteroatoms. The number of methoxy groups -OCH3 is 1. The number of nitrogens with zero attached hydrogens (tertiary/aromatic N) is 1. The minimum Gasteiger partial charge on any atom is -0.490 e. The van der Waals surface area contributed by atoms with Crippen molar-refractivity contribution in [2.75, 3.05) is 20.3 Å². The number of rotatable bonds is 9. The molecule has 0 aliphatic heterocycles. The zero-order valence-corrected chi connectivity index (χ0v) is 16.8. The van der Waals surface area contributed by atoms with Crippen LogP contribution in [0.25, 0.3) is 10.9 Å². The summed E-state index contributed by atoms with van der Waals surface area (Å²) in [5, 5.41) is 3.89. The fraction of sp³-hybridized carbons (Fsp3) is 0.348. The van der Waals surface area contributed by atoms with Gasteiger partial charge in [0, 0.05) is 25.6 Å². The Balaban J connectivity index is 2.03. The van der Waals surface area contributed by atoms with Gasteiger partial charge in [0.15, 0.2) is 0 Å². The van der Waals surface area contributed by atoms with Gasteiger partial charge in [-0.05, 0) is 37.1 Å². The Labute approximate surface area is 166 Å². The van der Waals surface area contributed by atoms with Crippen molar-refractivity contribution >= 4 is 16.8 Å². The lowest BCUT2D eigenvalue weighted by molar-refractivity contribution is 0.0928. The highest BCUT2D eigenvalue weighted by molar-refractivity contribution is 6.00. The van der Waals surface area contributed by atoms with Gasteiger partial charge >= 0.3 is 0 Å². The van der Waals surface area contributed by atoms with Gasteiger partial charge in [-0.2, -0.15) is 0 Å². The highest BCUT2D eigenvalue weighted by Gasteiger charge is 2.18. The van der Waals surface area contributed by atoms with Gasteiger partial charge in [0.25, 0.3) is 5.91 Å². The zero-order valence-electron chi connectivity index (χ0n) is 16.8. The van der Waals surface area contributed by atoms with Crippen LogP contribution in [0.4, 0.5) is 0 Å². The molecule has 0 saturated carbocycles. The summed E-state index contributed by atoms with van der Waals surface area (Å²) >= 11 is 0. The Morgan fingerprint density at radius 3 is 2.64 bits per heavy atom. The van der Waals surface area contributed by atoms with Gasteiger partial charge in [-0.3, -0.25) is 4.79 Å². The van der Waals surface area contributed by atoms with Gasteiger partial charge in [-0.25, -0.2) is 0 Å². The van der Waals surface area contributed by atoms with E-state index in [1.54, 1.807) is 7.11 Å². The molecule has 148 valence electrons. The third-order valence-corrected chi connectivity index (χ3v) is 4.82. The van der Waals surface area contributed by atoms with Gasteiger partial charge in [0.05, 0.1) is 18.2 Å². The van der Waals surface area contributed by atoms with E-state index < -0.39 is 0 Å². The number of nitrogens with one attached hydrogen (secondary N) is 1. The summed E-state index contributed by atoms with van der Waals surface area (Å²) < 4.78 is 13.2. The van der Waals surface area contributed by atoms with Crippen LogP contribution in [0.3, 0.4) is 0 Å². The third kappa shape index (κ3) is 4.54. The molecule has 0 aliphatic carbocycles. The molecule has 1 atom stereocenters. The Morgan fingerprint density at radius 1 is 1.14 bits per heavy atom. The summed E-state index contributed by atoms with van der Waals surface area (Å²) in [4.78, 5) is 12.9. The van der Waals surface area contributed by atoms with Crippen LogP contribution < -0.4 is 10.1 Å². The molecule has 2 aromatic carbocycles. The minimum absolute atomic E-state index is 0.112. The van der Waals surface area contributed by atoms with Crippen LogP contribution in [0.2, 0.25) is 0 Å². The van der Waals surface area contributed by atoms with E-state index in [-0.39, 0.29) is 12.0 Å². The summed E-state index contributed by atoms with van der Waals surface area (Å²) in [6, 6.07) is 18.1. The molecule has 1 amide bonds. The molecular weight excluding hydrogens is 352 g/mol. The molecule has 28 heavy (non-hydrogen) atoms. The van der Waals surface area contributed by atoms with Crippen molar-refractivity contribution in [3.8, 4) is 5.75 Å². The van der Waals surface area contributed by atoms with Crippen LogP contribution in [-0.4, -0.2) is 36.8 Å². The molecule has 0 aliphatic rings. The number of benzene rings is 2. The van der Waals surface area contributed by atoms with Crippen LogP contribution in [0, 0.1) is 0 Å². The summed E-state index contributed by atoms with van der Waals surface area (Å²) in [6.45, 7) is 5.72. The van der Waals surface area contributed by atoms with Crippen molar-refractivity contribution < 1.29 is 14.3 Å². The predicted molar refractivity (Wildman–Crippen MR) is 112 cm³/mol. The molecule has 3 aromatic rings. The maximum absolute atomic E-state index is 12.9. The lowest BCUT2D eigenvalue weighted by atomic mass is 10.2. The van der Waals surface area contributed by atoms with Gasteiger partial charge in [-0.1, -0.05) is 43.3 Å². The first-order valence-electron chi connectivity index (χ1n) is 9.74. The summed E-state index contributed by atoms with van der Waals surface area (Å²) in [5.74, 6) is 0.697. The second-order valence-corrected chi connectivity index (χ2v) is 6.88. The van der Waals surface area contributed by atoms with E-state index in [0.717, 1.165) is 28.6 Å². The standard InChI is InChI=1S/C23H28N2O3/c1-4-17(2)28-22-12-8-11-20-19(22)15-21(23(26)24-13-14-27-3)25(20)16-18-9-6-5-7-10-18/h5-12,15,17H,4,13-14,16H2,1-3H3,(H,24,26)/t17-/m0/s1. The average molecular weight is 380 g/mol. The maximum atomic E-state index is 12.9. The molecule has 1 heterocycles. The molecule has 5 nitrogen and oxygen atoms in total. The molecule has 1 N–H and O–H groups in total. The fourth-order valence-corrected chi connectivity index (χ4v) is 3.14. The van der Waals surface area contributed by atoms with Crippen LogP contribution >= 0.6 is 0 Å². The van der Waals surface area contributed by atoms with Crippen molar-refractivity contribution in [3.05, 3.63) is 65.9 Å². The van der Waals surface area contributed by atoms with Crippen molar-refractivity contribution in [1.29, 1.82) is 0 Å². The highest BCUT2D eigenvalue weighted by Crippen LogP contribution is 2.30. The first kappa shape index (κ1) is 20.0. The number of carbonyl (C=O) groups excluding carboxylic acids is 1. The second-order valence-electron chi connectivity index (χ2n) is 6.88. The molecule has 0 radical (unpaired) electrons. The first-order valence-corrected chi connectivity index (χ1v) is 9.74. The summed E-state index contributed by atoms with van der Waals surface area (Å²) in [5.41, 5.74) is 2.75. The van der Waals surface area contributed by atoms with Crippen molar-refractivity contribution in [1.82, 2.24) is 9.88 Å². The Morgan fingerprint density at radius 2 is 1.93 bits per heavy atom. The number of aromatic nitrogens is 1. The number of fused-ring (bicyclic) bond motifs is 1. The number of hydrogen-bond acceptors (Lipinski definition) is 3. The number of ether oxygens (including phenoxy) is 2. The van der Waals surface area contributed by atoms with Crippen molar-refractivity contribution in [2.24, 2.45) is 0 Å². The molecule has 1 aromatic heterocycles. The quantitative estimate of drug-likeness (QED) is 0.565. The summed E-state index contributed by atoms with van der Waals surface area (Å²) in [6.07, 6.45) is 1.04. The smallest absolute Gasteiger partial charge is 0.268 e. The number of amides is 1. The van der Waals surface area contributed by atoms with Gasteiger partial charge in [0.1, 0.15) is 11.4 Å². The van der Waals surface area contributed by atoms with Crippen LogP contribution in [-0.2, 0) is 11.3 Å². The average Bonchev–Trinajstić information content (AvgIpc) is 3.08. The highest BCUT2D eigenvalue weighted by atomic mass is 16.5.